The molecule has 0 radical (unpaired) electrons. The fourth-order valence-electron chi connectivity index (χ4n) is 2.95. The van der Waals surface area contributed by atoms with Gasteiger partial charge in [0.2, 0.25) is 0 Å². The second kappa shape index (κ2) is 9.53. The monoisotopic (exact) mass is 426 g/mol. The molecular weight excluding hydrogens is 400 g/mol. The average molecular weight is 427 g/mol. The van der Waals surface area contributed by atoms with Crippen LogP contribution in [-0.4, -0.2) is 35.6 Å². The van der Waals surface area contributed by atoms with Crippen molar-refractivity contribution in [3.05, 3.63) is 28.2 Å². The van der Waals surface area contributed by atoms with Gasteiger partial charge in [0.1, 0.15) is 5.75 Å². The van der Waals surface area contributed by atoms with Crippen LogP contribution >= 0.6 is 28.1 Å². The van der Waals surface area contributed by atoms with E-state index in [1.54, 1.807) is 6.07 Å². The van der Waals surface area contributed by atoms with Crippen molar-refractivity contribution in [1.82, 2.24) is 10.2 Å². The maximum Gasteiger partial charge on any atom is 0.261 e. The van der Waals surface area contributed by atoms with Crippen molar-refractivity contribution in [3.8, 4) is 5.75 Å². The molecule has 138 valence electrons. The summed E-state index contributed by atoms with van der Waals surface area (Å²) in [5.41, 5.74) is 0.495. The number of thiocarbonyl (C=S) groups is 1. The molecule has 0 spiro atoms. The summed E-state index contributed by atoms with van der Waals surface area (Å²) < 4.78 is 6.63. The van der Waals surface area contributed by atoms with Crippen molar-refractivity contribution in [2.24, 2.45) is 5.92 Å². The van der Waals surface area contributed by atoms with E-state index in [1.807, 2.05) is 24.1 Å². The van der Waals surface area contributed by atoms with Crippen molar-refractivity contribution in [3.63, 3.8) is 0 Å². The summed E-state index contributed by atoms with van der Waals surface area (Å²) >= 11 is 8.88. The van der Waals surface area contributed by atoms with Crippen LogP contribution in [0.5, 0.6) is 5.75 Å². The van der Waals surface area contributed by atoms with E-state index in [2.05, 4.69) is 35.1 Å². The van der Waals surface area contributed by atoms with Crippen LogP contribution in [0, 0.1) is 5.92 Å². The molecule has 1 aromatic rings. The summed E-state index contributed by atoms with van der Waals surface area (Å²) in [7, 11) is 1.97. The topological polar surface area (TPSA) is 41.6 Å². The third-order valence-electron chi connectivity index (χ3n) is 4.42. The predicted molar refractivity (Wildman–Crippen MR) is 109 cm³/mol. The maximum absolute atomic E-state index is 12.7. The zero-order chi connectivity index (χ0) is 18.4. The average Bonchev–Trinajstić information content (AvgIpc) is 2.60. The Bertz CT molecular complexity index is 615. The smallest absolute Gasteiger partial charge is 0.261 e. The molecule has 4 nitrogen and oxygen atoms in total. The van der Waals surface area contributed by atoms with Crippen LogP contribution in [0.4, 0.5) is 0 Å². The molecule has 0 atom stereocenters. The Morgan fingerprint density at radius 1 is 1.36 bits per heavy atom. The molecule has 1 aromatic carbocycles. The fourth-order valence-corrected chi connectivity index (χ4v) is 3.55. The van der Waals surface area contributed by atoms with Gasteiger partial charge in [0.25, 0.3) is 5.91 Å². The predicted octanol–water partition coefficient (Wildman–Crippen LogP) is 4.76. The minimum Gasteiger partial charge on any atom is -0.492 e. The normalized spacial score (nSPS) is 15.1. The number of benzene rings is 1. The first kappa shape index (κ1) is 20.2. The molecule has 1 saturated carbocycles. The number of carbonyl (C=O) groups is 1. The molecule has 0 bridgehead atoms. The molecule has 25 heavy (non-hydrogen) atoms. The number of hydrogen-bond donors (Lipinski definition) is 1. The Labute approximate surface area is 164 Å². The summed E-state index contributed by atoms with van der Waals surface area (Å²) in [5.74, 6) is 0.739. The molecule has 1 amide bonds. The van der Waals surface area contributed by atoms with E-state index < -0.39 is 0 Å². The van der Waals surface area contributed by atoms with Crippen molar-refractivity contribution < 1.29 is 9.53 Å². The molecule has 2 rings (SSSR count). The Hall–Kier alpha value is -1.14. The highest BCUT2D eigenvalue weighted by molar-refractivity contribution is 9.10. The molecule has 1 N–H and O–H groups in total. The molecule has 1 aliphatic rings. The van der Waals surface area contributed by atoms with Crippen LogP contribution in [0.15, 0.2) is 22.7 Å². The highest BCUT2D eigenvalue weighted by atomic mass is 79.9. The third-order valence-corrected chi connectivity index (χ3v) is 5.30. The molecule has 0 saturated heterocycles. The van der Waals surface area contributed by atoms with E-state index in [0.29, 0.717) is 35.0 Å². The van der Waals surface area contributed by atoms with Crippen molar-refractivity contribution in [1.29, 1.82) is 0 Å². The lowest BCUT2D eigenvalue weighted by Crippen LogP contribution is -2.46. The maximum atomic E-state index is 12.7. The van der Waals surface area contributed by atoms with Gasteiger partial charge in [-0.1, -0.05) is 49.0 Å². The molecular formula is C19H27BrN2O2S. The van der Waals surface area contributed by atoms with Gasteiger partial charge in [-0.25, -0.2) is 0 Å². The third kappa shape index (κ3) is 5.96. The highest BCUT2D eigenvalue weighted by Crippen LogP contribution is 2.25. The second-order valence-electron chi connectivity index (χ2n) is 7.01. The van der Waals surface area contributed by atoms with Gasteiger partial charge >= 0.3 is 0 Å². The lowest BCUT2D eigenvalue weighted by atomic mass is 9.95. The van der Waals surface area contributed by atoms with Gasteiger partial charge in [-0.2, -0.15) is 0 Å². The molecule has 0 heterocycles. The summed E-state index contributed by atoms with van der Waals surface area (Å²) in [6.07, 6.45) is 6.01. The molecule has 0 aliphatic heterocycles. The molecule has 1 fully saturated rings. The first-order chi connectivity index (χ1) is 11.9. The van der Waals surface area contributed by atoms with Crippen LogP contribution in [0.2, 0.25) is 0 Å². The minimum atomic E-state index is -0.229. The standard InChI is InChI=1S/C19H27BrN2O2S/c1-13(2)12-24-17-10-9-14(20)11-16(17)18(23)21-19(25)22(3)15-7-5-4-6-8-15/h9-11,13,15H,4-8,12H2,1-3H3,(H,21,23,25). The molecule has 0 unspecified atom stereocenters. The largest absolute Gasteiger partial charge is 0.492 e. The number of halogens is 1. The Morgan fingerprint density at radius 3 is 2.68 bits per heavy atom. The van der Waals surface area contributed by atoms with E-state index in [1.165, 1.54) is 19.3 Å². The summed E-state index contributed by atoms with van der Waals surface area (Å²) in [5, 5.41) is 3.34. The van der Waals surface area contributed by atoms with Gasteiger partial charge in [0, 0.05) is 17.6 Å². The Balaban J connectivity index is 2.06. The molecule has 6 heteroatoms. The lowest BCUT2D eigenvalue weighted by molar-refractivity contribution is 0.0967. The fraction of sp³-hybridized carbons (Fsp3) is 0.579. The molecule has 0 aromatic heterocycles. The number of amides is 1. The first-order valence-electron chi connectivity index (χ1n) is 8.89. The zero-order valence-electron chi connectivity index (χ0n) is 15.2. The summed E-state index contributed by atoms with van der Waals surface area (Å²) in [6, 6.07) is 5.88. The van der Waals surface area contributed by atoms with Crippen LogP contribution in [-0.2, 0) is 0 Å². The van der Waals surface area contributed by atoms with Gasteiger partial charge in [-0.15, -0.1) is 0 Å². The Morgan fingerprint density at radius 2 is 2.04 bits per heavy atom. The van der Waals surface area contributed by atoms with E-state index in [0.717, 1.165) is 17.3 Å². The number of nitrogens with zero attached hydrogens (tertiary/aromatic N) is 1. The van der Waals surface area contributed by atoms with Crippen LogP contribution < -0.4 is 10.1 Å². The van der Waals surface area contributed by atoms with E-state index in [9.17, 15) is 4.79 Å². The SMILES string of the molecule is CC(C)COc1ccc(Br)cc1C(=O)NC(=S)N(C)C1CCCCC1. The van der Waals surface area contributed by atoms with Gasteiger partial charge in [0.05, 0.1) is 12.2 Å². The van der Waals surface area contributed by atoms with Gasteiger partial charge in [0.15, 0.2) is 5.11 Å². The van der Waals surface area contributed by atoms with Crippen LogP contribution in [0.25, 0.3) is 0 Å². The number of hydrogen-bond acceptors (Lipinski definition) is 3. The summed E-state index contributed by atoms with van der Waals surface area (Å²) in [4.78, 5) is 14.8. The van der Waals surface area contributed by atoms with Gasteiger partial charge in [-0.05, 0) is 49.2 Å². The lowest BCUT2D eigenvalue weighted by Gasteiger charge is -2.33. The van der Waals surface area contributed by atoms with E-state index >= 15 is 0 Å². The summed E-state index contributed by atoms with van der Waals surface area (Å²) in [6.45, 7) is 4.72. The minimum absolute atomic E-state index is 0.229. The van der Waals surface area contributed by atoms with E-state index in [-0.39, 0.29) is 5.91 Å². The van der Waals surface area contributed by atoms with Crippen molar-refractivity contribution in [2.75, 3.05) is 13.7 Å². The first-order valence-corrected chi connectivity index (χ1v) is 10.1. The molecule has 1 aliphatic carbocycles. The number of carbonyl (C=O) groups excluding carboxylic acids is 1. The van der Waals surface area contributed by atoms with Crippen molar-refractivity contribution in [2.45, 2.75) is 52.0 Å². The van der Waals surface area contributed by atoms with Crippen LogP contribution in [0.3, 0.4) is 0 Å². The van der Waals surface area contributed by atoms with Crippen molar-refractivity contribution >= 4 is 39.2 Å². The Kier molecular flexibility index (Phi) is 7.69. The van der Waals surface area contributed by atoms with E-state index in [4.69, 9.17) is 17.0 Å². The van der Waals surface area contributed by atoms with Gasteiger partial charge < -0.3 is 9.64 Å². The zero-order valence-corrected chi connectivity index (χ0v) is 17.6. The quantitative estimate of drug-likeness (QED) is 0.688. The highest BCUT2D eigenvalue weighted by Gasteiger charge is 2.22. The number of rotatable bonds is 5. The number of nitrogens with one attached hydrogen (secondary N) is 1. The number of ether oxygens (including phenoxy) is 1. The van der Waals surface area contributed by atoms with Crippen LogP contribution in [0.1, 0.15) is 56.3 Å². The van der Waals surface area contributed by atoms with Gasteiger partial charge in [-0.3, -0.25) is 10.1 Å². The second-order valence-corrected chi connectivity index (χ2v) is 8.31.